The van der Waals surface area contributed by atoms with Crippen molar-refractivity contribution in [3.63, 3.8) is 0 Å². The molecule has 0 amide bonds. The van der Waals surface area contributed by atoms with Gasteiger partial charge in [0, 0.05) is 6.26 Å². The van der Waals surface area contributed by atoms with Crippen LogP contribution in [0.25, 0.3) is 0 Å². The molecular formula is C13H27NO4S. The summed E-state index contributed by atoms with van der Waals surface area (Å²) < 4.78 is 27.1. The summed E-state index contributed by atoms with van der Waals surface area (Å²) in [5.74, 6) is -0.222. The lowest BCUT2D eigenvalue weighted by Gasteiger charge is -2.16. The minimum atomic E-state index is -3.09. The first kappa shape index (κ1) is 18.4. The Morgan fingerprint density at radius 3 is 2.37 bits per heavy atom. The molecule has 0 rings (SSSR count). The van der Waals surface area contributed by atoms with Crippen molar-refractivity contribution in [2.45, 2.75) is 52.0 Å². The number of carbonyl (C=O) groups excluding carboxylic acids is 1. The second-order valence-corrected chi connectivity index (χ2v) is 7.33. The molecule has 0 saturated carbocycles. The van der Waals surface area contributed by atoms with E-state index in [0.717, 1.165) is 31.9 Å². The molecule has 0 aliphatic heterocycles. The van der Waals surface area contributed by atoms with E-state index in [1.165, 1.54) is 0 Å². The van der Waals surface area contributed by atoms with Crippen LogP contribution in [-0.4, -0.2) is 39.0 Å². The predicted molar refractivity (Wildman–Crippen MR) is 76.6 cm³/mol. The molecule has 19 heavy (non-hydrogen) atoms. The molecule has 0 heterocycles. The fourth-order valence-corrected chi connectivity index (χ4v) is 2.35. The number of nitrogens with two attached hydrogens (primary N) is 1. The number of sulfone groups is 1. The fraction of sp³-hybridized carbons (Fsp3) is 0.923. The molecule has 0 aromatic heterocycles. The van der Waals surface area contributed by atoms with Gasteiger partial charge in [-0.15, -0.1) is 0 Å². The van der Waals surface area contributed by atoms with Crippen molar-refractivity contribution in [3.8, 4) is 0 Å². The third-order valence-electron chi connectivity index (χ3n) is 3.11. The topological polar surface area (TPSA) is 86.5 Å². The zero-order valence-electron chi connectivity index (χ0n) is 12.2. The van der Waals surface area contributed by atoms with E-state index in [2.05, 4.69) is 13.8 Å². The molecule has 2 unspecified atom stereocenters. The number of ether oxygens (including phenoxy) is 1. The molecule has 2 N–H and O–H groups in total. The molecule has 0 saturated heterocycles. The normalized spacial score (nSPS) is 14.9. The van der Waals surface area contributed by atoms with Crippen molar-refractivity contribution in [2.24, 2.45) is 11.7 Å². The lowest BCUT2D eigenvalue weighted by Crippen LogP contribution is -2.35. The molecule has 0 spiro atoms. The highest BCUT2D eigenvalue weighted by Crippen LogP contribution is 2.13. The van der Waals surface area contributed by atoms with Crippen molar-refractivity contribution in [1.29, 1.82) is 0 Å². The Morgan fingerprint density at radius 1 is 1.26 bits per heavy atom. The number of hydrogen-bond donors (Lipinski definition) is 1. The van der Waals surface area contributed by atoms with Crippen LogP contribution in [-0.2, 0) is 19.4 Å². The van der Waals surface area contributed by atoms with Crippen LogP contribution >= 0.6 is 0 Å². The lowest BCUT2D eigenvalue weighted by atomic mass is 10.0. The summed E-state index contributed by atoms with van der Waals surface area (Å²) in [6.07, 6.45) is 5.49. The van der Waals surface area contributed by atoms with Crippen LogP contribution in [0.1, 0.15) is 46.0 Å². The smallest absolute Gasteiger partial charge is 0.322 e. The van der Waals surface area contributed by atoms with Crippen LogP contribution in [0.2, 0.25) is 0 Å². The molecule has 0 bridgehead atoms. The van der Waals surface area contributed by atoms with Gasteiger partial charge in [-0.05, 0) is 18.8 Å². The van der Waals surface area contributed by atoms with Crippen LogP contribution in [0.4, 0.5) is 0 Å². The van der Waals surface area contributed by atoms with E-state index in [-0.39, 0.29) is 12.2 Å². The lowest BCUT2D eigenvalue weighted by molar-refractivity contribution is -0.146. The van der Waals surface area contributed by atoms with Gasteiger partial charge in [0.25, 0.3) is 0 Å². The zero-order valence-corrected chi connectivity index (χ0v) is 13.0. The van der Waals surface area contributed by atoms with E-state index in [1.807, 2.05) is 0 Å². The maximum Gasteiger partial charge on any atom is 0.322 e. The minimum Gasteiger partial charge on any atom is -0.464 e. The van der Waals surface area contributed by atoms with Crippen LogP contribution in [0.15, 0.2) is 0 Å². The highest BCUT2D eigenvalue weighted by Gasteiger charge is 2.18. The maximum atomic E-state index is 11.6. The first-order valence-corrected chi connectivity index (χ1v) is 8.96. The number of hydrogen-bond acceptors (Lipinski definition) is 5. The SMILES string of the molecule is CCCCC(CC)COC(=O)C(N)CCS(C)(=O)=O. The van der Waals surface area contributed by atoms with E-state index >= 15 is 0 Å². The van der Waals surface area contributed by atoms with E-state index in [4.69, 9.17) is 10.5 Å². The Kier molecular flexibility index (Phi) is 9.01. The largest absolute Gasteiger partial charge is 0.464 e. The van der Waals surface area contributed by atoms with Crippen molar-refractivity contribution in [2.75, 3.05) is 18.6 Å². The molecule has 0 radical (unpaired) electrons. The average Bonchev–Trinajstić information content (AvgIpc) is 2.35. The average molecular weight is 293 g/mol. The Bertz CT molecular complexity index is 354. The summed E-state index contributed by atoms with van der Waals surface area (Å²) in [5, 5.41) is 0. The fourth-order valence-electron chi connectivity index (χ4n) is 1.66. The van der Waals surface area contributed by atoms with E-state index in [9.17, 15) is 13.2 Å². The summed E-state index contributed by atoms with van der Waals surface area (Å²) in [6, 6.07) is -0.849. The van der Waals surface area contributed by atoms with Crippen LogP contribution in [0, 0.1) is 5.92 Å². The van der Waals surface area contributed by atoms with Gasteiger partial charge in [-0.2, -0.15) is 0 Å². The summed E-state index contributed by atoms with van der Waals surface area (Å²) >= 11 is 0. The standard InChI is InChI=1S/C13H27NO4S/c1-4-6-7-11(5-2)10-18-13(15)12(14)8-9-19(3,16)17/h11-12H,4-10,14H2,1-3H3. The van der Waals surface area contributed by atoms with Crippen molar-refractivity contribution in [1.82, 2.24) is 0 Å². The van der Waals surface area contributed by atoms with Crippen molar-refractivity contribution < 1.29 is 17.9 Å². The van der Waals surface area contributed by atoms with Gasteiger partial charge in [-0.3, -0.25) is 4.79 Å². The number of unbranched alkanes of at least 4 members (excludes halogenated alkanes) is 1. The van der Waals surface area contributed by atoms with Gasteiger partial charge in [-0.1, -0.05) is 33.1 Å². The highest BCUT2D eigenvalue weighted by molar-refractivity contribution is 7.90. The van der Waals surface area contributed by atoms with Crippen LogP contribution in [0.3, 0.4) is 0 Å². The number of esters is 1. The van der Waals surface area contributed by atoms with Crippen molar-refractivity contribution in [3.05, 3.63) is 0 Å². The zero-order chi connectivity index (χ0) is 14.9. The Balaban J connectivity index is 4.01. The second-order valence-electron chi connectivity index (χ2n) is 5.07. The Morgan fingerprint density at radius 2 is 1.89 bits per heavy atom. The Labute approximate surface area is 116 Å². The summed E-state index contributed by atoms with van der Waals surface area (Å²) in [6.45, 7) is 4.57. The molecular weight excluding hydrogens is 266 g/mol. The predicted octanol–water partition coefficient (Wildman–Crippen LogP) is 1.51. The first-order chi connectivity index (χ1) is 8.80. The van der Waals surface area contributed by atoms with Crippen LogP contribution in [0.5, 0.6) is 0 Å². The third kappa shape index (κ3) is 9.90. The molecule has 0 aromatic carbocycles. The van der Waals surface area contributed by atoms with E-state index < -0.39 is 21.8 Å². The monoisotopic (exact) mass is 293 g/mol. The molecule has 0 aromatic rings. The molecule has 2 atom stereocenters. The second kappa shape index (κ2) is 9.31. The van der Waals surface area contributed by atoms with E-state index in [1.54, 1.807) is 0 Å². The number of carbonyl (C=O) groups is 1. The Hall–Kier alpha value is -0.620. The summed E-state index contributed by atoms with van der Waals surface area (Å²) in [7, 11) is -3.09. The minimum absolute atomic E-state index is 0.0870. The maximum absolute atomic E-state index is 11.6. The van der Waals surface area contributed by atoms with Gasteiger partial charge in [0.05, 0.1) is 12.4 Å². The molecule has 0 fully saturated rings. The van der Waals surface area contributed by atoms with Gasteiger partial charge >= 0.3 is 5.97 Å². The van der Waals surface area contributed by atoms with Gasteiger partial charge in [0.2, 0.25) is 0 Å². The summed E-state index contributed by atoms with van der Waals surface area (Å²) in [4.78, 5) is 11.6. The molecule has 114 valence electrons. The number of rotatable bonds is 10. The van der Waals surface area contributed by atoms with Gasteiger partial charge in [0.1, 0.15) is 15.9 Å². The van der Waals surface area contributed by atoms with Gasteiger partial charge < -0.3 is 10.5 Å². The summed E-state index contributed by atoms with van der Waals surface area (Å²) in [5.41, 5.74) is 5.61. The van der Waals surface area contributed by atoms with Gasteiger partial charge in [0.15, 0.2) is 0 Å². The van der Waals surface area contributed by atoms with Crippen LogP contribution < -0.4 is 5.73 Å². The third-order valence-corrected chi connectivity index (χ3v) is 4.08. The highest BCUT2D eigenvalue weighted by atomic mass is 32.2. The quantitative estimate of drug-likeness (QED) is 0.617. The van der Waals surface area contributed by atoms with E-state index in [0.29, 0.717) is 12.5 Å². The molecule has 6 heteroatoms. The molecule has 5 nitrogen and oxygen atoms in total. The van der Waals surface area contributed by atoms with Gasteiger partial charge in [-0.25, -0.2) is 8.42 Å². The molecule has 0 aliphatic rings. The first-order valence-electron chi connectivity index (χ1n) is 6.90. The van der Waals surface area contributed by atoms with Crippen molar-refractivity contribution >= 4 is 15.8 Å². The molecule has 0 aliphatic carbocycles.